The molecule has 20 heavy (non-hydrogen) atoms. The highest BCUT2D eigenvalue weighted by Crippen LogP contribution is 2.27. The first-order chi connectivity index (χ1) is 9.61. The first-order valence-electron chi connectivity index (χ1n) is 6.85. The Morgan fingerprint density at radius 2 is 2.30 bits per heavy atom. The Labute approximate surface area is 122 Å². The number of carbonyl (C=O) groups excluding carboxylic acids is 1. The Morgan fingerprint density at radius 1 is 1.50 bits per heavy atom. The third kappa shape index (κ3) is 2.08. The number of rotatable bonds is 3. The topological polar surface area (TPSA) is 64.7 Å². The van der Waals surface area contributed by atoms with Gasteiger partial charge in [-0.15, -0.1) is 11.6 Å². The number of nitrogens with zero attached hydrogens (tertiary/aromatic N) is 4. The molecule has 1 aliphatic heterocycles. The van der Waals surface area contributed by atoms with Crippen LogP contribution < -0.4 is 5.32 Å². The van der Waals surface area contributed by atoms with Gasteiger partial charge in [-0.05, 0) is 13.3 Å². The molecule has 1 unspecified atom stereocenters. The van der Waals surface area contributed by atoms with Crippen molar-refractivity contribution in [2.24, 2.45) is 7.05 Å². The number of nitrogens with one attached hydrogen (secondary N) is 1. The number of alkyl halides is 1. The number of piperidine rings is 1. The third-order valence-corrected chi connectivity index (χ3v) is 4.02. The summed E-state index contributed by atoms with van der Waals surface area (Å²) in [7, 11) is 1.93. The van der Waals surface area contributed by atoms with E-state index in [0.717, 1.165) is 35.5 Å². The van der Waals surface area contributed by atoms with Gasteiger partial charge in [-0.3, -0.25) is 9.48 Å². The predicted molar refractivity (Wildman–Crippen MR) is 76.9 cm³/mol. The van der Waals surface area contributed by atoms with E-state index in [0.29, 0.717) is 18.8 Å². The van der Waals surface area contributed by atoms with E-state index >= 15 is 0 Å². The molecule has 1 saturated heterocycles. The number of hydrogen-bond acceptors (Lipinski definition) is 3. The van der Waals surface area contributed by atoms with Crippen molar-refractivity contribution in [1.29, 1.82) is 0 Å². The van der Waals surface area contributed by atoms with E-state index in [1.807, 2.05) is 18.7 Å². The molecule has 0 spiro atoms. The van der Waals surface area contributed by atoms with Gasteiger partial charge in [0.2, 0.25) is 5.91 Å². The highest BCUT2D eigenvalue weighted by molar-refractivity contribution is 6.17. The molecule has 1 aliphatic rings. The van der Waals surface area contributed by atoms with Crippen LogP contribution in [0.15, 0.2) is 0 Å². The molecule has 1 fully saturated rings. The minimum Gasteiger partial charge on any atom is -0.354 e. The summed E-state index contributed by atoms with van der Waals surface area (Å²) in [6, 6.07) is 0.228. The molecule has 0 aliphatic carbocycles. The number of fused-ring (bicyclic) bond motifs is 1. The van der Waals surface area contributed by atoms with Crippen molar-refractivity contribution in [3.8, 4) is 0 Å². The number of aromatic nitrogens is 4. The molecule has 2 aromatic rings. The number of halogens is 1. The van der Waals surface area contributed by atoms with Crippen molar-refractivity contribution >= 4 is 28.7 Å². The SMILES string of the molecule is Cc1nn(C)c2c1nc(CCCl)n2C1CCC(=O)NC1. The van der Waals surface area contributed by atoms with Crippen molar-refractivity contribution in [1.82, 2.24) is 24.6 Å². The minimum atomic E-state index is 0.123. The Balaban J connectivity index is 2.10. The summed E-state index contributed by atoms with van der Waals surface area (Å²) >= 11 is 5.90. The molecule has 1 atom stereocenters. The predicted octanol–water partition coefficient (Wildman–Crippen LogP) is 1.31. The quantitative estimate of drug-likeness (QED) is 0.868. The second kappa shape index (κ2) is 5.09. The molecule has 7 heteroatoms. The van der Waals surface area contributed by atoms with Gasteiger partial charge >= 0.3 is 0 Å². The summed E-state index contributed by atoms with van der Waals surface area (Å²) in [5, 5.41) is 7.37. The first-order valence-corrected chi connectivity index (χ1v) is 7.38. The Hall–Kier alpha value is -1.56. The molecule has 0 aromatic carbocycles. The minimum absolute atomic E-state index is 0.123. The van der Waals surface area contributed by atoms with Crippen molar-refractivity contribution in [3.63, 3.8) is 0 Å². The molecule has 3 heterocycles. The molecule has 1 N–H and O–H groups in total. The average Bonchev–Trinajstić information content (AvgIpc) is 2.91. The van der Waals surface area contributed by atoms with Crippen molar-refractivity contribution in [3.05, 3.63) is 11.5 Å². The maximum Gasteiger partial charge on any atom is 0.220 e. The summed E-state index contributed by atoms with van der Waals surface area (Å²) < 4.78 is 4.07. The molecule has 6 nitrogen and oxygen atoms in total. The van der Waals surface area contributed by atoms with Gasteiger partial charge < -0.3 is 9.88 Å². The van der Waals surface area contributed by atoms with E-state index in [1.165, 1.54) is 0 Å². The lowest BCUT2D eigenvalue weighted by Crippen LogP contribution is -2.36. The van der Waals surface area contributed by atoms with E-state index in [9.17, 15) is 4.79 Å². The van der Waals surface area contributed by atoms with Gasteiger partial charge in [-0.2, -0.15) is 5.10 Å². The fraction of sp³-hybridized carbons (Fsp3) is 0.615. The molecule has 0 saturated carbocycles. The average molecular weight is 296 g/mol. The molecule has 0 bridgehead atoms. The number of imidazole rings is 1. The van der Waals surface area contributed by atoms with Crippen LogP contribution in [0.4, 0.5) is 0 Å². The lowest BCUT2D eigenvalue weighted by molar-refractivity contribution is -0.122. The van der Waals surface area contributed by atoms with Gasteiger partial charge in [0.05, 0.1) is 11.7 Å². The van der Waals surface area contributed by atoms with Gasteiger partial charge in [0, 0.05) is 32.3 Å². The second-order valence-electron chi connectivity index (χ2n) is 5.21. The second-order valence-corrected chi connectivity index (χ2v) is 5.59. The lowest BCUT2D eigenvalue weighted by Gasteiger charge is -2.25. The zero-order valence-electron chi connectivity index (χ0n) is 11.7. The summed E-state index contributed by atoms with van der Waals surface area (Å²) in [5.74, 6) is 1.64. The fourth-order valence-corrected chi connectivity index (χ4v) is 3.09. The number of hydrogen-bond donors (Lipinski definition) is 1. The number of carbonyl (C=O) groups is 1. The van der Waals surface area contributed by atoms with Crippen molar-refractivity contribution in [2.75, 3.05) is 12.4 Å². The van der Waals surface area contributed by atoms with Crippen LogP contribution in [0.1, 0.15) is 30.4 Å². The fourth-order valence-electron chi connectivity index (χ4n) is 2.93. The highest BCUT2D eigenvalue weighted by atomic mass is 35.5. The van der Waals surface area contributed by atoms with Crippen LogP contribution >= 0.6 is 11.6 Å². The van der Waals surface area contributed by atoms with Crippen LogP contribution in [0.2, 0.25) is 0 Å². The summed E-state index contributed by atoms with van der Waals surface area (Å²) in [5.41, 5.74) is 2.88. The highest BCUT2D eigenvalue weighted by Gasteiger charge is 2.26. The van der Waals surface area contributed by atoms with E-state index < -0.39 is 0 Å². The maximum atomic E-state index is 11.3. The first kappa shape index (κ1) is 13.4. The Kier molecular flexibility index (Phi) is 3.41. The van der Waals surface area contributed by atoms with E-state index in [1.54, 1.807) is 0 Å². The summed E-state index contributed by atoms with van der Waals surface area (Å²) in [6.07, 6.45) is 2.11. The van der Waals surface area contributed by atoms with Crippen LogP contribution in [0.5, 0.6) is 0 Å². The molecule has 0 radical (unpaired) electrons. The zero-order valence-corrected chi connectivity index (χ0v) is 12.4. The van der Waals surface area contributed by atoms with Crippen LogP contribution in [-0.4, -0.2) is 37.7 Å². The van der Waals surface area contributed by atoms with Crippen LogP contribution in [0.3, 0.4) is 0 Å². The standard InChI is InChI=1S/C13H18ClN5O/c1-8-12-13(18(2)17-8)19(10(16-12)5-6-14)9-3-4-11(20)15-7-9/h9H,3-7H2,1-2H3,(H,15,20). The molecular weight excluding hydrogens is 278 g/mol. The number of amides is 1. The van der Waals surface area contributed by atoms with Crippen molar-refractivity contribution in [2.45, 2.75) is 32.2 Å². The molecule has 3 rings (SSSR count). The number of aryl methyl sites for hydroxylation is 3. The third-order valence-electron chi connectivity index (χ3n) is 3.83. The molecule has 2 aromatic heterocycles. The van der Waals surface area contributed by atoms with E-state index in [2.05, 4.69) is 15.0 Å². The largest absolute Gasteiger partial charge is 0.354 e. The van der Waals surface area contributed by atoms with Gasteiger partial charge in [0.25, 0.3) is 0 Å². The Morgan fingerprint density at radius 3 is 2.95 bits per heavy atom. The zero-order chi connectivity index (χ0) is 14.3. The Bertz CT molecular complexity index is 649. The summed E-state index contributed by atoms with van der Waals surface area (Å²) in [4.78, 5) is 16.0. The normalized spacial score (nSPS) is 19.6. The van der Waals surface area contributed by atoms with E-state index in [-0.39, 0.29) is 11.9 Å². The van der Waals surface area contributed by atoms with Gasteiger partial charge in [0.15, 0.2) is 5.65 Å². The van der Waals surface area contributed by atoms with Gasteiger partial charge in [-0.25, -0.2) is 4.98 Å². The van der Waals surface area contributed by atoms with E-state index in [4.69, 9.17) is 16.6 Å². The van der Waals surface area contributed by atoms with Gasteiger partial charge in [-0.1, -0.05) is 0 Å². The van der Waals surface area contributed by atoms with Crippen LogP contribution in [0, 0.1) is 6.92 Å². The van der Waals surface area contributed by atoms with Crippen molar-refractivity contribution < 1.29 is 4.79 Å². The molecule has 108 valence electrons. The lowest BCUT2D eigenvalue weighted by atomic mass is 10.1. The van der Waals surface area contributed by atoms with Crippen LogP contribution in [0.25, 0.3) is 11.2 Å². The molecule has 1 amide bonds. The maximum absolute atomic E-state index is 11.3. The summed E-state index contributed by atoms with van der Waals surface area (Å²) in [6.45, 7) is 2.61. The molecular formula is C13H18ClN5O. The monoisotopic (exact) mass is 295 g/mol. The van der Waals surface area contributed by atoms with Gasteiger partial charge in [0.1, 0.15) is 11.3 Å². The smallest absolute Gasteiger partial charge is 0.220 e. The van der Waals surface area contributed by atoms with Crippen LogP contribution in [-0.2, 0) is 18.3 Å².